The van der Waals surface area contributed by atoms with E-state index >= 15 is 0 Å². The predicted molar refractivity (Wildman–Crippen MR) is 50.6 cm³/mol. The van der Waals surface area contributed by atoms with Gasteiger partial charge in [0.05, 0.1) is 0 Å². The Hall–Kier alpha value is -1.05. The molecule has 2 nitrogen and oxygen atoms in total. The van der Waals surface area contributed by atoms with Crippen LogP contribution in [-0.2, 0) is 0 Å². The molecule has 0 aliphatic carbocycles. The molecule has 0 aliphatic heterocycles. The van der Waals surface area contributed by atoms with Gasteiger partial charge in [0.2, 0.25) is 0 Å². The molecule has 1 rings (SSSR count). The Labute approximate surface area is 72.6 Å². The molecular formula is C10H15NO. The number of hydrogen-bond donors (Lipinski definition) is 1. The molecule has 0 spiro atoms. The second-order valence-corrected chi connectivity index (χ2v) is 3.52. The highest BCUT2D eigenvalue weighted by molar-refractivity contribution is 5.24. The van der Waals surface area contributed by atoms with Gasteiger partial charge in [-0.05, 0) is 31.4 Å². The van der Waals surface area contributed by atoms with E-state index in [1.54, 1.807) is 0 Å². The molecule has 0 aliphatic rings. The molecule has 12 heavy (non-hydrogen) atoms. The van der Waals surface area contributed by atoms with Crippen LogP contribution in [0.2, 0.25) is 0 Å². The van der Waals surface area contributed by atoms with Crippen LogP contribution >= 0.6 is 0 Å². The highest BCUT2D eigenvalue weighted by Crippen LogP contribution is 2.11. The summed E-state index contributed by atoms with van der Waals surface area (Å²) in [6.07, 6.45) is 0. The molecule has 0 saturated carbocycles. The Balaban J connectivity index is 3.33. The van der Waals surface area contributed by atoms with E-state index in [1.807, 2.05) is 33.8 Å². The molecule has 66 valence electrons. The molecule has 0 amide bonds. The van der Waals surface area contributed by atoms with Crippen LogP contribution in [0.4, 0.5) is 0 Å². The van der Waals surface area contributed by atoms with Gasteiger partial charge in [-0.1, -0.05) is 13.8 Å². The van der Waals surface area contributed by atoms with Gasteiger partial charge in [0.1, 0.15) is 0 Å². The molecule has 1 heterocycles. The average molecular weight is 165 g/mol. The smallest absolute Gasteiger partial charge is 0.251 e. The van der Waals surface area contributed by atoms with E-state index < -0.39 is 0 Å². The first-order chi connectivity index (χ1) is 5.52. The van der Waals surface area contributed by atoms with E-state index in [-0.39, 0.29) is 5.56 Å². The largest absolute Gasteiger partial charge is 0.326 e. The Morgan fingerprint density at radius 1 is 1.33 bits per heavy atom. The summed E-state index contributed by atoms with van der Waals surface area (Å²) in [6.45, 7) is 7.98. The third-order valence-electron chi connectivity index (χ3n) is 2.15. The van der Waals surface area contributed by atoms with Crippen molar-refractivity contribution < 1.29 is 0 Å². The first-order valence-electron chi connectivity index (χ1n) is 4.22. The van der Waals surface area contributed by atoms with Gasteiger partial charge in [0.15, 0.2) is 0 Å². The molecular weight excluding hydrogens is 150 g/mol. The van der Waals surface area contributed by atoms with Crippen LogP contribution in [0.15, 0.2) is 10.9 Å². The van der Waals surface area contributed by atoms with Gasteiger partial charge in [0, 0.05) is 11.3 Å². The Kier molecular flexibility index (Phi) is 2.36. The first-order valence-corrected chi connectivity index (χ1v) is 4.22. The maximum Gasteiger partial charge on any atom is 0.251 e. The molecule has 0 saturated heterocycles. The van der Waals surface area contributed by atoms with Gasteiger partial charge in [0.25, 0.3) is 5.56 Å². The summed E-state index contributed by atoms with van der Waals surface area (Å²) in [5, 5.41) is 0. The third-order valence-corrected chi connectivity index (χ3v) is 2.15. The summed E-state index contributed by atoms with van der Waals surface area (Å²) in [5.74, 6) is 0.299. The van der Waals surface area contributed by atoms with Crippen molar-refractivity contribution >= 4 is 0 Å². The highest BCUT2D eigenvalue weighted by Gasteiger charge is 2.05. The lowest BCUT2D eigenvalue weighted by Gasteiger charge is -2.06. The summed E-state index contributed by atoms with van der Waals surface area (Å²) >= 11 is 0. The van der Waals surface area contributed by atoms with Crippen molar-refractivity contribution in [3.63, 3.8) is 0 Å². The number of rotatable bonds is 1. The molecule has 0 atom stereocenters. The Morgan fingerprint density at radius 3 is 2.42 bits per heavy atom. The van der Waals surface area contributed by atoms with Crippen molar-refractivity contribution in [1.29, 1.82) is 0 Å². The zero-order valence-corrected chi connectivity index (χ0v) is 8.06. The van der Waals surface area contributed by atoms with Crippen LogP contribution in [0.25, 0.3) is 0 Å². The van der Waals surface area contributed by atoms with Crippen LogP contribution in [0.3, 0.4) is 0 Å². The maximum absolute atomic E-state index is 11.4. The highest BCUT2D eigenvalue weighted by atomic mass is 16.1. The molecule has 2 heteroatoms. The summed E-state index contributed by atoms with van der Waals surface area (Å²) in [5.41, 5.74) is 3.04. The second kappa shape index (κ2) is 3.13. The van der Waals surface area contributed by atoms with Gasteiger partial charge in [-0.2, -0.15) is 0 Å². The van der Waals surface area contributed by atoms with E-state index in [0.717, 1.165) is 16.8 Å². The Morgan fingerprint density at radius 2 is 1.92 bits per heavy atom. The lowest BCUT2D eigenvalue weighted by atomic mass is 10.0. The Bertz CT molecular complexity index is 336. The quantitative estimate of drug-likeness (QED) is 0.679. The lowest BCUT2D eigenvalue weighted by Crippen LogP contribution is -2.15. The minimum absolute atomic E-state index is 0.0492. The number of aromatic nitrogens is 1. The van der Waals surface area contributed by atoms with Gasteiger partial charge in [-0.15, -0.1) is 0 Å². The van der Waals surface area contributed by atoms with E-state index in [2.05, 4.69) is 4.98 Å². The molecule has 0 radical (unpaired) electrons. The maximum atomic E-state index is 11.4. The first kappa shape index (κ1) is 9.04. The van der Waals surface area contributed by atoms with Crippen molar-refractivity contribution in [1.82, 2.24) is 4.98 Å². The fraction of sp³-hybridized carbons (Fsp3) is 0.500. The van der Waals surface area contributed by atoms with E-state index in [9.17, 15) is 4.79 Å². The number of aromatic amines is 1. The van der Waals surface area contributed by atoms with Gasteiger partial charge >= 0.3 is 0 Å². The summed E-state index contributed by atoms with van der Waals surface area (Å²) in [6, 6.07) is 1.97. The van der Waals surface area contributed by atoms with Crippen molar-refractivity contribution in [3.8, 4) is 0 Å². The fourth-order valence-corrected chi connectivity index (χ4v) is 1.18. The lowest BCUT2D eigenvalue weighted by molar-refractivity contribution is 0.836. The van der Waals surface area contributed by atoms with Crippen LogP contribution in [0, 0.1) is 13.8 Å². The molecule has 1 aromatic heterocycles. The van der Waals surface area contributed by atoms with Gasteiger partial charge in [-0.25, -0.2) is 0 Å². The number of H-pyrrole nitrogens is 1. The minimum atomic E-state index is 0.0492. The average Bonchev–Trinajstić information content (AvgIpc) is 1.96. The number of hydrogen-bond acceptors (Lipinski definition) is 1. The van der Waals surface area contributed by atoms with E-state index in [4.69, 9.17) is 0 Å². The minimum Gasteiger partial charge on any atom is -0.326 e. The zero-order valence-electron chi connectivity index (χ0n) is 8.06. The number of pyridine rings is 1. The standard InChI is InChI=1S/C10H15NO/c1-6(2)9-5-7(3)8(4)11-10(9)12/h5-6H,1-4H3,(H,11,12). The van der Waals surface area contributed by atoms with Crippen LogP contribution in [-0.4, -0.2) is 4.98 Å². The van der Waals surface area contributed by atoms with Crippen molar-refractivity contribution in [2.45, 2.75) is 33.6 Å². The van der Waals surface area contributed by atoms with Gasteiger partial charge in [-0.3, -0.25) is 4.79 Å². The summed E-state index contributed by atoms with van der Waals surface area (Å²) in [4.78, 5) is 14.2. The van der Waals surface area contributed by atoms with Crippen molar-refractivity contribution in [3.05, 3.63) is 33.2 Å². The molecule has 1 aromatic rings. The zero-order chi connectivity index (χ0) is 9.30. The summed E-state index contributed by atoms with van der Waals surface area (Å²) < 4.78 is 0. The second-order valence-electron chi connectivity index (χ2n) is 3.52. The number of aryl methyl sites for hydroxylation is 2. The molecule has 0 unspecified atom stereocenters. The third kappa shape index (κ3) is 1.58. The normalized spacial score (nSPS) is 10.8. The van der Waals surface area contributed by atoms with Crippen LogP contribution in [0.1, 0.15) is 36.6 Å². The van der Waals surface area contributed by atoms with E-state index in [1.165, 1.54) is 0 Å². The molecule has 1 N–H and O–H groups in total. The molecule has 0 bridgehead atoms. The van der Waals surface area contributed by atoms with Crippen molar-refractivity contribution in [2.24, 2.45) is 0 Å². The van der Waals surface area contributed by atoms with Crippen molar-refractivity contribution in [2.75, 3.05) is 0 Å². The SMILES string of the molecule is Cc1cc(C(C)C)c(=O)[nH]c1C. The summed E-state index contributed by atoms with van der Waals surface area (Å²) in [7, 11) is 0. The molecule has 0 fully saturated rings. The topological polar surface area (TPSA) is 32.9 Å². The monoisotopic (exact) mass is 165 g/mol. The van der Waals surface area contributed by atoms with Crippen LogP contribution < -0.4 is 5.56 Å². The van der Waals surface area contributed by atoms with Gasteiger partial charge < -0.3 is 4.98 Å². The molecule has 0 aromatic carbocycles. The van der Waals surface area contributed by atoms with Crippen LogP contribution in [0.5, 0.6) is 0 Å². The number of nitrogens with one attached hydrogen (secondary N) is 1. The predicted octanol–water partition coefficient (Wildman–Crippen LogP) is 2.12. The fourth-order valence-electron chi connectivity index (χ4n) is 1.18. The van der Waals surface area contributed by atoms with E-state index in [0.29, 0.717) is 5.92 Å².